The molecule has 0 N–H and O–H groups in total. The van der Waals surface area contributed by atoms with Crippen LogP contribution in [-0.4, -0.2) is 65.8 Å². The van der Waals surface area contributed by atoms with Gasteiger partial charge in [-0.25, -0.2) is 0 Å². The average molecular weight is 537 g/mol. The maximum Gasteiger partial charge on any atom is 0.255 e. The van der Waals surface area contributed by atoms with Gasteiger partial charge in [0.25, 0.3) is 5.91 Å². The van der Waals surface area contributed by atoms with Gasteiger partial charge in [0.15, 0.2) is 0 Å². The minimum Gasteiger partial charge on any atom is -0.340 e. The zero-order chi connectivity index (χ0) is 25.8. The highest BCUT2D eigenvalue weighted by Crippen LogP contribution is 2.30. The van der Waals surface area contributed by atoms with Crippen LogP contribution in [0, 0.1) is 5.92 Å². The summed E-state index contributed by atoms with van der Waals surface area (Å²) in [5.74, 6) is 0.0663. The van der Waals surface area contributed by atoms with Crippen LogP contribution in [0.5, 0.6) is 0 Å². The molecule has 0 atom stereocenters. The molecule has 0 spiro atoms. The van der Waals surface area contributed by atoms with E-state index in [0.717, 1.165) is 13.1 Å². The molecule has 2 amide bonds. The van der Waals surface area contributed by atoms with Crippen LogP contribution >= 0.6 is 23.2 Å². The summed E-state index contributed by atoms with van der Waals surface area (Å²) in [7, 11) is 0. The predicted molar refractivity (Wildman–Crippen MR) is 148 cm³/mol. The molecule has 0 aliphatic carbocycles. The topological polar surface area (TPSA) is 43.9 Å². The van der Waals surface area contributed by atoms with Crippen molar-refractivity contribution in [2.45, 2.75) is 18.9 Å². The summed E-state index contributed by atoms with van der Waals surface area (Å²) in [5.41, 5.74) is 3.00. The lowest BCUT2D eigenvalue weighted by molar-refractivity contribution is -0.139. The van der Waals surface area contributed by atoms with Crippen LogP contribution in [0.1, 0.15) is 40.4 Å². The van der Waals surface area contributed by atoms with Crippen molar-refractivity contribution in [3.05, 3.63) is 106 Å². The first kappa shape index (κ1) is 25.8. The van der Waals surface area contributed by atoms with Gasteiger partial charge in [0.1, 0.15) is 0 Å². The molecule has 0 radical (unpaired) electrons. The van der Waals surface area contributed by atoms with Gasteiger partial charge in [-0.15, -0.1) is 0 Å². The van der Waals surface area contributed by atoms with Crippen LogP contribution in [0.25, 0.3) is 0 Å². The number of rotatable bonds is 5. The molecule has 0 saturated carbocycles. The van der Waals surface area contributed by atoms with Crippen molar-refractivity contribution in [2.24, 2.45) is 5.92 Å². The molecule has 2 saturated heterocycles. The zero-order valence-electron chi connectivity index (χ0n) is 20.7. The number of likely N-dealkylation sites (tertiary alicyclic amines) is 1. The molecule has 5 rings (SSSR count). The van der Waals surface area contributed by atoms with E-state index < -0.39 is 0 Å². The lowest BCUT2D eigenvalue weighted by Crippen LogP contribution is -2.52. The Morgan fingerprint density at radius 1 is 0.703 bits per heavy atom. The lowest BCUT2D eigenvalue weighted by Gasteiger charge is -2.41. The monoisotopic (exact) mass is 535 g/mol. The standard InChI is InChI=1S/C30H31Cl2N3O2/c31-25-11-12-26(27(32)21-25)30(37)34-15-13-24(14-16-34)29(36)35-19-17-33(18-20-35)28(22-7-3-1-4-8-22)23-9-5-2-6-10-23/h1-12,21,24,28H,13-20H2. The Kier molecular flexibility index (Phi) is 8.14. The minimum absolute atomic E-state index is 0.0460. The molecule has 2 fully saturated rings. The molecule has 2 heterocycles. The summed E-state index contributed by atoms with van der Waals surface area (Å²) >= 11 is 12.2. The second-order valence-corrected chi connectivity index (χ2v) is 10.6. The zero-order valence-corrected chi connectivity index (χ0v) is 22.2. The molecule has 2 aliphatic heterocycles. The molecule has 3 aromatic carbocycles. The Hall–Kier alpha value is -2.86. The number of halogens is 2. The number of piperidine rings is 1. The number of carbonyl (C=O) groups is 2. The molecule has 37 heavy (non-hydrogen) atoms. The van der Waals surface area contributed by atoms with Gasteiger partial charge in [-0.2, -0.15) is 0 Å². The second-order valence-electron chi connectivity index (χ2n) is 9.78. The van der Waals surface area contributed by atoms with Crippen molar-refractivity contribution < 1.29 is 9.59 Å². The summed E-state index contributed by atoms with van der Waals surface area (Å²) in [6, 6.07) is 26.3. The number of hydrogen-bond acceptors (Lipinski definition) is 3. The SMILES string of the molecule is O=C(c1ccc(Cl)cc1Cl)N1CCC(C(=O)N2CCN(C(c3ccccc3)c3ccccc3)CC2)CC1. The van der Waals surface area contributed by atoms with Crippen molar-refractivity contribution in [3.8, 4) is 0 Å². The largest absolute Gasteiger partial charge is 0.340 e. The van der Waals surface area contributed by atoms with Gasteiger partial charge >= 0.3 is 0 Å². The third kappa shape index (κ3) is 5.85. The first-order chi connectivity index (χ1) is 18.0. The number of piperazine rings is 1. The van der Waals surface area contributed by atoms with Gasteiger partial charge in [0.05, 0.1) is 16.6 Å². The van der Waals surface area contributed by atoms with Gasteiger partial charge in [-0.05, 0) is 42.2 Å². The van der Waals surface area contributed by atoms with E-state index in [4.69, 9.17) is 23.2 Å². The third-order valence-electron chi connectivity index (χ3n) is 7.51. The molecule has 0 aromatic heterocycles. The van der Waals surface area contributed by atoms with Crippen molar-refractivity contribution in [3.63, 3.8) is 0 Å². The van der Waals surface area contributed by atoms with Crippen molar-refractivity contribution in [1.82, 2.24) is 14.7 Å². The Labute approximate surface area is 228 Å². The molecular weight excluding hydrogens is 505 g/mol. The molecule has 5 nitrogen and oxygen atoms in total. The van der Waals surface area contributed by atoms with E-state index in [1.807, 2.05) is 17.0 Å². The van der Waals surface area contributed by atoms with Crippen LogP contribution < -0.4 is 0 Å². The number of amides is 2. The first-order valence-electron chi connectivity index (χ1n) is 12.9. The van der Waals surface area contributed by atoms with Crippen LogP contribution in [0.15, 0.2) is 78.9 Å². The molecule has 7 heteroatoms. The summed E-state index contributed by atoms with van der Waals surface area (Å²) in [5, 5.41) is 0.864. The van der Waals surface area contributed by atoms with Gasteiger partial charge in [-0.1, -0.05) is 83.9 Å². The number of benzene rings is 3. The fourth-order valence-electron chi connectivity index (χ4n) is 5.51. The Morgan fingerprint density at radius 3 is 1.81 bits per heavy atom. The quantitative estimate of drug-likeness (QED) is 0.416. The fourth-order valence-corrected chi connectivity index (χ4v) is 6.00. The molecule has 0 bridgehead atoms. The van der Waals surface area contributed by atoms with E-state index in [1.165, 1.54) is 11.1 Å². The number of hydrogen-bond donors (Lipinski definition) is 0. The van der Waals surface area contributed by atoms with E-state index >= 15 is 0 Å². The fraction of sp³-hybridized carbons (Fsp3) is 0.333. The van der Waals surface area contributed by atoms with Gasteiger partial charge in [-0.3, -0.25) is 14.5 Å². The highest BCUT2D eigenvalue weighted by Gasteiger charge is 2.34. The summed E-state index contributed by atoms with van der Waals surface area (Å²) < 4.78 is 0. The highest BCUT2D eigenvalue weighted by molar-refractivity contribution is 6.36. The van der Waals surface area contributed by atoms with Crippen LogP contribution in [-0.2, 0) is 4.79 Å². The Morgan fingerprint density at radius 2 is 1.27 bits per heavy atom. The maximum absolute atomic E-state index is 13.4. The van der Waals surface area contributed by atoms with Crippen molar-refractivity contribution in [1.29, 1.82) is 0 Å². The molecule has 2 aliphatic rings. The number of carbonyl (C=O) groups excluding carboxylic acids is 2. The van der Waals surface area contributed by atoms with E-state index in [0.29, 0.717) is 54.6 Å². The van der Waals surface area contributed by atoms with Gasteiger partial charge in [0.2, 0.25) is 5.91 Å². The van der Waals surface area contributed by atoms with E-state index in [1.54, 1.807) is 23.1 Å². The molecular formula is C30H31Cl2N3O2. The minimum atomic E-state index is -0.103. The summed E-state index contributed by atoms with van der Waals surface area (Å²) in [4.78, 5) is 32.6. The molecule has 192 valence electrons. The second kappa shape index (κ2) is 11.7. The maximum atomic E-state index is 13.4. The summed E-state index contributed by atoms with van der Waals surface area (Å²) in [6.07, 6.45) is 1.35. The normalized spacial score (nSPS) is 17.3. The third-order valence-corrected chi connectivity index (χ3v) is 8.06. The summed E-state index contributed by atoms with van der Waals surface area (Å²) in [6.45, 7) is 4.19. The number of nitrogens with zero attached hydrogens (tertiary/aromatic N) is 3. The predicted octanol–water partition coefficient (Wildman–Crippen LogP) is 5.78. The average Bonchev–Trinajstić information content (AvgIpc) is 2.94. The lowest BCUT2D eigenvalue weighted by atomic mass is 9.94. The van der Waals surface area contributed by atoms with Crippen LogP contribution in [0.4, 0.5) is 0 Å². The highest BCUT2D eigenvalue weighted by atomic mass is 35.5. The Balaban J connectivity index is 1.18. The van der Waals surface area contributed by atoms with E-state index in [2.05, 4.69) is 53.4 Å². The van der Waals surface area contributed by atoms with Crippen molar-refractivity contribution >= 4 is 35.0 Å². The van der Waals surface area contributed by atoms with Crippen molar-refractivity contribution in [2.75, 3.05) is 39.3 Å². The van der Waals surface area contributed by atoms with Crippen LogP contribution in [0.2, 0.25) is 10.0 Å². The first-order valence-corrected chi connectivity index (χ1v) is 13.6. The molecule has 3 aromatic rings. The van der Waals surface area contributed by atoms with Gasteiger partial charge < -0.3 is 9.80 Å². The smallest absolute Gasteiger partial charge is 0.255 e. The van der Waals surface area contributed by atoms with Gasteiger partial charge in [0, 0.05) is 50.2 Å². The van der Waals surface area contributed by atoms with Crippen LogP contribution in [0.3, 0.4) is 0 Å². The van der Waals surface area contributed by atoms with E-state index in [9.17, 15) is 9.59 Å². The molecule has 0 unspecified atom stereocenters. The Bertz CT molecular complexity index is 1180. The van der Waals surface area contributed by atoms with E-state index in [-0.39, 0.29) is 23.8 Å².